The Hall–Kier alpha value is 0.0969. The van der Waals surface area contributed by atoms with E-state index in [0.717, 1.165) is 19.8 Å². The van der Waals surface area contributed by atoms with Crippen LogP contribution in [0.25, 0.3) is 0 Å². The summed E-state index contributed by atoms with van der Waals surface area (Å²) in [6, 6.07) is 0. The normalized spacial score (nSPS) is 13.5. The SMILES string of the molecule is CCO[SiH](OCC)C(CC)CCNC. The summed E-state index contributed by atoms with van der Waals surface area (Å²) in [5.41, 5.74) is 0.641. The van der Waals surface area contributed by atoms with Crippen molar-refractivity contribution in [3.63, 3.8) is 0 Å². The van der Waals surface area contributed by atoms with Crippen LogP contribution in [0.15, 0.2) is 0 Å². The van der Waals surface area contributed by atoms with Crippen molar-refractivity contribution >= 4 is 9.28 Å². The Kier molecular flexibility index (Phi) is 9.71. The lowest BCUT2D eigenvalue weighted by Crippen LogP contribution is -2.30. The van der Waals surface area contributed by atoms with Gasteiger partial charge in [-0.2, -0.15) is 0 Å². The van der Waals surface area contributed by atoms with Gasteiger partial charge in [0.25, 0.3) is 0 Å². The predicted octanol–water partition coefficient (Wildman–Crippen LogP) is 1.67. The van der Waals surface area contributed by atoms with Crippen LogP contribution in [-0.4, -0.2) is 36.1 Å². The van der Waals surface area contributed by atoms with E-state index >= 15 is 0 Å². The zero-order valence-electron chi connectivity index (χ0n) is 10.0. The first-order valence-electron chi connectivity index (χ1n) is 5.67. The van der Waals surface area contributed by atoms with E-state index in [1.165, 1.54) is 12.8 Å². The summed E-state index contributed by atoms with van der Waals surface area (Å²) in [6.45, 7) is 8.94. The second-order valence-electron chi connectivity index (χ2n) is 3.34. The average Bonchev–Trinajstić information content (AvgIpc) is 2.19. The molecule has 3 nitrogen and oxygen atoms in total. The largest absolute Gasteiger partial charge is 0.397 e. The molecule has 0 aliphatic carbocycles. The molecule has 0 saturated heterocycles. The van der Waals surface area contributed by atoms with Crippen LogP contribution in [0.2, 0.25) is 5.54 Å². The third kappa shape index (κ3) is 5.75. The van der Waals surface area contributed by atoms with Crippen molar-refractivity contribution in [3.05, 3.63) is 0 Å². The molecule has 0 aliphatic heterocycles. The molecule has 4 heteroatoms. The van der Waals surface area contributed by atoms with Crippen LogP contribution in [-0.2, 0) is 8.85 Å². The summed E-state index contributed by atoms with van der Waals surface area (Å²) < 4.78 is 11.4. The predicted molar refractivity (Wildman–Crippen MR) is 63.0 cm³/mol. The zero-order chi connectivity index (χ0) is 10.8. The van der Waals surface area contributed by atoms with Gasteiger partial charge in [-0.1, -0.05) is 13.3 Å². The molecule has 0 amide bonds. The lowest BCUT2D eigenvalue weighted by Gasteiger charge is -2.23. The highest BCUT2D eigenvalue weighted by atomic mass is 28.3. The molecular weight excluding hydrogens is 194 g/mol. The van der Waals surface area contributed by atoms with Crippen molar-refractivity contribution < 1.29 is 8.85 Å². The van der Waals surface area contributed by atoms with Crippen molar-refractivity contribution in [2.75, 3.05) is 26.8 Å². The van der Waals surface area contributed by atoms with Crippen LogP contribution < -0.4 is 5.32 Å². The van der Waals surface area contributed by atoms with E-state index < -0.39 is 9.28 Å². The van der Waals surface area contributed by atoms with Gasteiger partial charge in [0.2, 0.25) is 0 Å². The molecule has 0 aromatic rings. The Morgan fingerprint density at radius 2 is 1.71 bits per heavy atom. The maximum atomic E-state index is 5.72. The summed E-state index contributed by atoms with van der Waals surface area (Å²) in [7, 11) is 0.570. The van der Waals surface area contributed by atoms with Crippen LogP contribution >= 0.6 is 0 Å². The third-order valence-corrected chi connectivity index (χ3v) is 5.23. The molecule has 0 aromatic carbocycles. The monoisotopic (exact) mass is 219 g/mol. The molecule has 0 aromatic heterocycles. The lowest BCUT2D eigenvalue weighted by atomic mass is 10.2. The van der Waals surface area contributed by atoms with E-state index in [2.05, 4.69) is 12.2 Å². The lowest BCUT2D eigenvalue weighted by molar-refractivity contribution is 0.201. The highest BCUT2D eigenvalue weighted by molar-refractivity contribution is 6.46. The van der Waals surface area contributed by atoms with E-state index in [9.17, 15) is 0 Å². The van der Waals surface area contributed by atoms with Crippen molar-refractivity contribution in [2.24, 2.45) is 0 Å². The van der Waals surface area contributed by atoms with Gasteiger partial charge in [-0.05, 0) is 33.9 Å². The maximum absolute atomic E-state index is 5.72. The van der Waals surface area contributed by atoms with Crippen molar-refractivity contribution in [1.29, 1.82) is 0 Å². The summed E-state index contributed by atoms with van der Waals surface area (Å²) in [4.78, 5) is 0. The highest BCUT2D eigenvalue weighted by Crippen LogP contribution is 2.20. The Morgan fingerprint density at radius 1 is 1.14 bits per heavy atom. The smallest absolute Gasteiger partial charge is 0.324 e. The van der Waals surface area contributed by atoms with Crippen LogP contribution in [0.4, 0.5) is 0 Å². The quantitative estimate of drug-likeness (QED) is 0.598. The first-order valence-corrected chi connectivity index (χ1v) is 7.28. The maximum Gasteiger partial charge on any atom is 0.324 e. The highest BCUT2D eigenvalue weighted by Gasteiger charge is 2.23. The molecule has 86 valence electrons. The molecule has 0 rings (SSSR count). The summed E-state index contributed by atoms with van der Waals surface area (Å²) >= 11 is 0. The zero-order valence-corrected chi connectivity index (χ0v) is 11.2. The van der Waals surface area contributed by atoms with E-state index in [1.54, 1.807) is 0 Å². The second-order valence-corrected chi connectivity index (χ2v) is 5.69. The van der Waals surface area contributed by atoms with Crippen molar-refractivity contribution in [1.82, 2.24) is 5.32 Å². The molecule has 0 radical (unpaired) electrons. The van der Waals surface area contributed by atoms with Gasteiger partial charge in [-0.3, -0.25) is 0 Å². The molecule has 0 heterocycles. The van der Waals surface area contributed by atoms with Crippen LogP contribution in [0.5, 0.6) is 0 Å². The number of hydrogen-bond donors (Lipinski definition) is 1. The molecule has 0 fully saturated rings. The molecule has 0 bridgehead atoms. The van der Waals surface area contributed by atoms with Crippen molar-refractivity contribution in [2.45, 2.75) is 39.2 Å². The van der Waals surface area contributed by atoms with E-state index in [-0.39, 0.29) is 0 Å². The molecule has 0 spiro atoms. The molecule has 1 N–H and O–H groups in total. The summed E-state index contributed by atoms with van der Waals surface area (Å²) in [5, 5.41) is 3.18. The van der Waals surface area contributed by atoms with E-state index in [4.69, 9.17) is 8.85 Å². The number of hydrogen-bond acceptors (Lipinski definition) is 3. The van der Waals surface area contributed by atoms with Crippen LogP contribution in [0.1, 0.15) is 33.6 Å². The van der Waals surface area contributed by atoms with Gasteiger partial charge in [0.15, 0.2) is 0 Å². The Bertz CT molecular complexity index is 119. The van der Waals surface area contributed by atoms with Crippen LogP contribution in [0.3, 0.4) is 0 Å². The third-order valence-electron chi connectivity index (χ3n) is 2.34. The molecule has 0 saturated carbocycles. The minimum Gasteiger partial charge on any atom is -0.397 e. The number of rotatable bonds is 9. The van der Waals surface area contributed by atoms with Gasteiger partial charge < -0.3 is 14.2 Å². The van der Waals surface area contributed by atoms with Crippen molar-refractivity contribution in [3.8, 4) is 0 Å². The molecule has 14 heavy (non-hydrogen) atoms. The van der Waals surface area contributed by atoms with E-state index in [1.807, 2.05) is 20.9 Å². The topological polar surface area (TPSA) is 30.5 Å². The Morgan fingerprint density at radius 3 is 2.07 bits per heavy atom. The minimum atomic E-state index is -1.42. The summed E-state index contributed by atoms with van der Waals surface area (Å²) in [5.74, 6) is 0. The van der Waals surface area contributed by atoms with Gasteiger partial charge in [-0.25, -0.2) is 0 Å². The molecule has 0 aliphatic rings. The fourth-order valence-corrected chi connectivity index (χ4v) is 3.63. The van der Waals surface area contributed by atoms with Gasteiger partial charge in [0.1, 0.15) is 0 Å². The second kappa shape index (κ2) is 9.64. The fourth-order valence-electron chi connectivity index (χ4n) is 1.51. The molecule has 1 atom stereocenters. The Labute approximate surface area is 90.0 Å². The van der Waals surface area contributed by atoms with Crippen LogP contribution in [0, 0.1) is 0 Å². The first-order chi connectivity index (χ1) is 6.79. The first kappa shape index (κ1) is 14.1. The van der Waals surface area contributed by atoms with Gasteiger partial charge in [0.05, 0.1) is 0 Å². The minimum absolute atomic E-state index is 0.641. The summed E-state index contributed by atoms with van der Waals surface area (Å²) in [6.07, 6.45) is 2.34. The average molecular weight is 219 g/mol. The van der Waals surface area contributed by atoms with Gasteiger partial charge in [0, 0.05) is 18.8 Å². The van der Waals surface area contributed by atoms with E-state index in [0.29, 0.717) is 5.54 Å². The molecular formula is C10H25NO2Si. The molecule has 1 unspecified atom stereocenters. The van der Waals surface area contributed by atoms with Gasteiger partial charge >= 0.3 is 9.28 Å². The van der Waals surface area contributed by atoms with Gasteiger partial charge in [-0.15, -0.1) is 0 Å². The number of nitrogens with one attached hydrogen (secondary N) is 1. The Balaban J connectivity index is 3.96. The fraction of sp³-hybridized carbons (Fsp3) is 1.00. The standard InChI is InChI=1S/C10H25NO2Si/c1-5-10(8-9-11-4)14(12-6-2)13-7-3/h10-11,14H,5-9H2,1-4H3.